The highest BCUT2D eigenvalue weighted by molar-refractivity contribution is 7.46. The molecule has 10 unspecified atom stereocenters. The fourth-order valence-corrected chi connectivity index (χ4v) is 7.68. The van der Waals surface area contributed by atoms with Crippen molar-refractivity contribution >= 4 is 15.6 Å². The first-order valence-electron chi connectivity index (χ1n) is 11.9. The summed E-state index contributed by atoms with van der Waals surface area (Å²) < 4.78 is 44.5. The predicted octanol–water partition coefficient (Wildman–Crippen LogP) is -3.13. The van der Waals surface area contributed by atoms with Crippen LogP contribution in [-0.4, -0.2) is 128 Å². The standard InChI is InChI=1S/C18H34N4O12P2/c23-5-13-11(33-35(25,26)27)1-15(31-13)21-7-19-3-9-10-4-20-8-22(18(10)17(9)21)16-2-12(14(6-24)32-16)34-36(28,29)30/h9-20,23-24H,1-8H2,(H2,25,26,27)(H2,28,29,30). The molecule has 0 amide bonds. The molecule has 36 heavy (non-hydrogen) atoms. The van der Waals surface area contributed by atoms with Gasteiger partial charge in [-0.05, 0) is 11.8 Å². The first-order valence-corrected chi connectivity index (χ1v) is 15.0. The average Bonchev–Trinajstić information content (AvgIpc) is 3.37. The minimum atomic E-state index is -4.77. The highest BCUT2D eigenvalue weighted by atomic mass is 31.2. The molecule has 4 saturated heterocycles. The maximum atomic E-state index is 11.4. The molecule has 0 aromatic heterocycles. The van der Waals surface area contributed by atoms with E-state index in [0.717, 1.165) is 13.1 Å². The highest BCUT2D eigenvalue weighted by Crippen LogP contribution is 2.50. The lowest BCUT2D eigenvalue weighted by Gasteiger charge is -2.65. The molecule has 208 valence electrons. The summed E-state index contributed by atoms with van der Waals surface area (Å²) in [5, 5.41) is 26.1. The van der Waals surface area contributed by atoms with E-state index >= 15 is 0 Å². The SMILES string of the molecule is O=P(O)(O)OC1CC(N2CNCC3C4CNCN(C5CC(OP(=O)(O)O)C(CO)O5)C4C32)OC1CO. The molecule has 0 bridgehead atoms. The first-order chi connectivity index (χ1) is 17.0. The molecule has 18 heteroatoms. The van der Waals surface area contributed by atoms with Crippen LogP contribution in [0.3, 0.4) is 0 Å². The number of aliphatic hydroxyl groups excluding tert-OH is 2. The van der Waals surface area contributed by atoms with Crippen LogP contribution in [0.4, 0.5) is 0 Å². The normalized spacial score (nSPS) is 44.3. The fraction of sp³-hybridized carbons (Fsp3) is 1.00. The Hall–Kier alpha value is -0.100. The molecule has 10 atom stereocenters. The summed E-state index contributed by atoms with van der Waals surface area (Å²) in [6, 6.07) is -0.0103. The molecule has 0 spiro atoms. The van der Waals surface area contributed by atoms with Crippen molar-refractivity contribution in [1.29, 1.82) is 0 Å². The Morgan fingerprint density at radius 3 is 1.47 bits per heavy atom. The Bertz CT molecular complexity index is 822. The summed E-state index contributed by atoms with van der Waals surface area (Å²) in [6.07, 6.45) is -4.43. The Morgan fingerprint density at radius 1 is 0.750 bits per heavy atom. The molecular formula is C18H34N4O12P2. The van der Waals surface area contributed by atoms with Crippen LogP contribution in [-0.2, 0) is 27.7 Å². The van der Waals surface area contributed by atoms with E-state index in [0.29, 0.717) is 13.3 Å². The molecule has 4 aliphatic heterocycles. The smallest absolute Gasteiger partial charge is 0.394 e. The molecule has 4 heterocycles. The minimum Gasteiger partial charge on any atom is -0.394 e. The zero-order valence-electron chi connectivity index (χ0n) is 19.4. The number of phosphoric ester groups is 2. The number of aliphatic hydroxyl groups is 2. The van der Waals surface area contributed by atoms with Gasteiger partial charge in [0.1, 0.15) is 36.9 Å². The van der Waals surface area contributed by atoms with Crippen LogP contribution in [0.15, 0.2) is 0 Å². The van der Waals surface area contributed by atoms with E-state index in [1.807, 2.05) is 0 Å². The van der Waals surface area contributed by atoms with Gasteiger partial charge < -0.3 is 49.9 Å². The van der Waals surface area contributed by atoms with Crippen molar-refractivity contribution < 1.29 is 57.4 Å². The Kier molecular flexibility index (Phi) is 7.99. The van der Waals surface area contributed by atoms with E-state index in [2.05, 4.69) is 20.4 Å². The van der Waals surface area contributed by atoms with Crippen LogP contribution in [0.25, 0.3) is 0 Å². The molecule has 5 rings (SSSR count). The predicted molar refractivity (Wildman–Crippen MR) is 119 cm³/mol. The van der Waals surface area contributed by atoms with E-state index in [1.165, 1.54) is 0 Å². The zero-order chi connectivity index (χ0) is 25.8. The number of phosphoric acid groups is 2. The highest BCUT2D eigenvalue weighted by Gasteiger charge is 2.61. The molecule has 1 aliphatic carbocycles. The van der Waals surface area contributed by atoms with Crippen LogP contribution in [0.2, 0.25) is 0 Å². The van der Waals surface area contributed by atoms with Crippen molar-refractivity contribution in [3.63, 3.8) is 0 Å². The number of fused-ring (bicyclic) bond motifs is 4. The van der Waals surface area contributed by atoms with E-state index in [-0.39, 0.29) is 36.8 Å². The number of nitrogens with zero attached hydrogens (tertiary/aromatic N) is 2. The second-order valence-electron chi connectivity index (χ2n) is 9.93. The van der Waals surface area contributed by atoms with Crippen molar-refractivity contribution in [2.45, 2.75) is 61.8 Å². The summed E-state index contributed by atoms with van der Waals surface area (Å²) in [6.45, 7) is 1.57. The zero-order valence-corrected chi connectivity index (χ0v) is 21.1. The van der Waals surface area contributed by atoms with Gasteiger partial charge in [0.25, 0.3) is 0 Å². The molecule has 16 nitrogen and oxygen atoms in total. The summed E-state index contributed by atoms with van der Waals surface area (Å²) in [5.41, 5.74) is 0. The fourth-order valence-electron chi connectivity index (χ4n) is 6.53. The van der Waals surface area contributed by atoms with Crippen LogP contribution in [0, 0.1) is 11.8 Å². The monoisotopic (exact) mass is 560 g/mol. The van der Waals surface area contributed by atoms with E-state index < -0.39 is 65.7 Å². The second-order valence-corrected chi connectivity index (χ2v) is 12.3. The van der Waals surface area contributed by atoms with Gasteiger partial charge in [-0.2, -0.15) is 0 Å². The van der Waals surface area contributed by atoms with Crippen molar-refractivity contribution in [2.75, 3.05) is 39.6 Å². The number of nitrogens with one attached hydrogen (secondary N) is 2. The van der Waals surface area contributed by atoms with Crippen LogP contribution < -0.4 is 10.6 Å². The quantitative estimate of drug-likeness (QED) is 0.137. The van der Waals surface area contributed by atoms with Crippen LogP contribution >= 0.6 is 15.6 Å². The Labute approximate surface area is 207 Å². The molecule has 0 radical (unpaired) electrons. The van der Waals surface area contributed by atoms with E-state index in [1.54, 1.807) is 0 Å². The van der Waals surface area contributed by atoms with Gasteiger partial charge in [-0.3, -0.25) is 18.8 Å². The van der Waals surface area contributed by atoms with Crippen LogP contribution in [0.5, 0.6) is 0 Å². The molecular weight excluding hydrogens is 526 g/mol. The van der Waals surface area contributed by atoms with Gasteiger partial charge in [0.05, 0.1) is 26.6 Å². The third-order valence-corrected chi connectivity index (χ3v) is 8.99. The lowest BCUT2D eigenvalue weighted by atomic mass is 9.61. The largest absolute Gasteiger partial charge is 0.469 e. The van der Waals surface area contributed by atoms with Gasteiger partial charge in [0, 0.05) is 38.0 Å². The molecule has 0 aromatic carbocycles. The van der Waals surface area contributed by atoms with Crippen LogP contribution in [0.1, 0.15) is 12.8 Å². The summed E-state index contributed by atoms with van der Waals surface area (Å²) >= 11 is 0. The molecule has 1 saturated carbocycles. The number of hydrogen-bond acceptors (Lipinski definition) is 12. The van der Waals surface area contributed by atoms with Gasteiger partial charge in [-0.25, -0.2) is 9.13 Å². The van der Waals surface area contributed by atoms with Crippen molar-refractivity contribution in [3.8, 4) is 0 Å². The van der Waals surface area contributed by atoms with Crippen molar-refractivity contribution in [3.05, 3.63) is 0 Å². The second kappa shape index (κ2) is 10.5. The Morgan fingerprint density at radius 2 is 1.14 bits per heavy atom. The molecule has 5 aliphatic rings. The van der Waals surface area contributed by atoms with Gasteiger partial charge in [-0.1, -0.05) is 0 Å². The number of rotatable bonds is 8. The molecule has 8 N–H and O–H groups in total. The topological polar surface area (TPSA) is 223 Å². The van der Waals surface area contributed by atoms with Gasteiger partial charge in [-0.15, -0.1) is 0 Å². The minimum absolute atomic E-state index is 0.00516. The molecule has 5 fully saturated rings. The lowest BCUT2D eigenvalue weighted by Crippen LogP contribution is -2.80. The summed E-state index contributed by atoms with van der Waals surface area (Å²) in [7, 11) is -9.54. The van der Waals surface area contributed by atoms with Gasteiger partial charge in [0.15, 0.2) is 0 Å². The average molecular weight is 560 g/mol. The maximum Gasteiger partial charge on any atom is 0.469 e. The van der Waals surface area contributed by atoms with Gasteiger partial charge >= 0.3 is 15.6 Å². The first kappa shape index (κ1) is 27.5. The summed E-state index contributed by atoms with van der Waals surface area (Å²) in [5.74, 6) is 0.489. The maximum absolute atomic E-state index is 11.4. The molecule has 0 aromatic rings. The van der Waals surface area contributed by atoms with Crippen molar-refractivity contribution in [2.24, 2.45) is 11.8 Å². The van der Waals surface area contributed by atoms with E-state index in [4.69, 9.17) is 18.5 Å². The lowest BCUT2D eigenvalue weighted by molar-refractivity contribution is -0.217. The number of hydrogen-bond donors (Lipinski definition) is 8. The summed E-state index contributed by atoms with van der Waals surface area (Å²) in [4.78, 5) is 41.2. The number of ether oxygens (including phenoxy) is 2. The third-order valence-electron chi connectivity index (χ3n) is 7.90. The van der Waals surface area contributed by atoms with Gasteiger partial charge in [0.2, 0.25) is 0 Å². The third kappa shape index (κ3) is 5.47. The van der Waals surface area contributed by atoms with E-state index in [9.17, 15) is 38.9 Å². The van der Waals surface area contributed by atoms with Crippen molar-refractivity contribution in [1.82, 2.24) is 20.4 Å². The Balaban J connectivity index is 1.32.